The number of nitrogens with zero attached hydrogens (tertiary/aromatic N) is 1. The van der Waals surface area contributed by atoms with Crippen LogP contribution >= 0.6 is 11.8 Å². The SMILES string of the molecule is CCSCCCNc1ccc(CN(C)C)cc1. The Hall–Kier alpha value is -0.670. The van der Waals surface area contributed by atoms with E-state index in [9.17, 15) is 0 Å². The molecule has 0 radical (unpaired) electrons. The summed E-state index contributed by atoms with van der Waals surface area (Å²) >= 11 is 2.01. The maximum Gasteiger partial charge on any atom is 0.0340 e. The molecule has 0 fully saturated rings. The van der Waals surface area contributed by atoms with Crippen LogP contribution in [0.1, 0.15) is 18.9 Å². The molecule has 0 aliphatic rings. The van der Waals surface area contributed by atoms with Crippen molar-refractivity contribution in [3.8, 4) is 0 Å². The fraction of sp³-hybridized carbons (Fsp3) is 0.571. The average molecular weight is 252 g/mol. The molecule has 0 unspecified atom stereocenters. The van der Waals surface area contributed by atoms with Gasteiger partial charge in [0.1, 0.15) is 0 Å². The van der Waals surface area contributed by atoms with E-state index in [0.717, 1.165) is 13.1 Å². The number of nitrogens with one attached hydrogen (secondary N) is 1. The summed E-state index contributed by atoms with van der Waals surface area (Å²) in [6.45, 7) is 4.29. The summed E-state index contributed by atoms with van der Waals surface area (Å²) in [6, 6.07) is 8.74. The molecule has 17 heavy (non-hydrogen) atoms. The highest BCUT2D eigenvalue weighted by Crippen LogP contribution is 2.11. The number of hydrogen-bond donors (Lipinski definition) is 1. The minimum Gasteiger partial charge on any atom is -0.385 e. The Labute approximate surface area is 110 Å². The highest BCUT2D eigenvalue weighted by Gasteiger charge is 1.96. The van der Waals surface area contributed by atoms with Crippen molar-refractivity contribution < 1.29 is 0 Å². The van der Waals surface area contributed by atoms with Gasteiger partial charge in [-0.15, -0.1) is 0 Å². The number of hydrogen-bond acceptors (Lipinski definition) is 3. The Morgan fingerprint density at radius 2 is 1.88 bits per heavy atom. The first kappa shape index (κ1) is 14.4. The molecular weight excluding hydrogens is 228 g/mol. The van der Waals surface area contributed by atoms with Crippen LogP contribution < -0.4 is 5.32 Å². The predicted molar refractivity (Wildman–Crippen MR) is 79.9 cm³/mol. The zero-order chi connectivity index (χ0) is 12.5. The number of rotatable bonds is 8. The van der Waals surface area contributed by atoms with Crippen molar-refractivity contribution in [2.45, 2.75) is 19.9 Å². The van der Waals surface area contributed by atoms with Crippen molar-refractivity contribution in [2.75, 3.05) is 37.5 Å². The van der Waals surface area contributed by atoms with Gasteiger partial charge in [0.25, 0.3) is 0 Å². The van der Waals surface area contributed by atoms with E-state index in [2.05, 4.69) is 55.5 Å². The molecule has 0 bridgehead atoms. The predicted octanol–water partition coefficient (Wildman–Crippen LogP) is 3.30. The zero-order valence-corrected chi connectivity index (χ0v) is 12.0. The first-order chi connectivity index (χ1) is 8.22. The molecule has 0 saturated heterocycles. The van der Waals surface area contributed by atoms with E-state index >= 15 is 0 Å². The topological polar surface area (TPSA) is 15.3 Å². The van der Waals surface area contributed by atoms with Gasteiger partial charge < -0.3 is 10.2 Å². The summed E-state index contributed by atoms with van der Waals surface area (Å²) < 4.78 is 0. The summed E-state index contributed by atoms with van der Waals surface area (Å²) in [5.41, 5.74) is 2.59. The summed E-state index contributed by atoms with van der Waals surface area (Å²) in [5.74, 6) is 2.47. The first-order valence-corrected chi connectivity index (χ1v) is 7.43. The van der Waals surface area contributed by atoms with Crippen LogP contribution in [-0.2, 0) is 6.54 Å². The zero-order valence-electron chi connectivity index (χ0n) is 11.2. The lowest BCUT2D eigenvalue weighted by Gasteiger charge is -2.11. The molecule has 1 N–H and O–H groups in total. The molecule has 0 saturated carbocycles. The third-order valence-electron chi connectivity index (χ3n) is 2.45. The molecule has 0 heterocycles. The van der Waals surface area contributed by atoms with E-state index in [1.807, 2.05) is 11.8 Å². The Morgan fingerprint density at radius 3 is 2.47 bits per heavy atom. The normalized spacial score (nSPS) is 10.8. The van der Waals surface area contributed by atoms with Crippen LogP contribution in [0.5, 0.6) is 0 Å². The van der Waals surface area contributed by atoms with E-state index < -0.39 is 0 Å². The minimum absolute atomic E-state index is 1.01. The lowest BCUT2D eigenvalue weighted by molar-refractivity contribution is 0.402. The Morgan fingerprint density at radius 1 is 1.18 bits per heavy atom. The third kappa shape index (κ3) is 6.59. The van der Waals surface area contributed by atoms with E-state index in [1.54, 1.807) is 0 Å². The van der Waals surface area contributed by atoms with Gasteiger partial charge in [0.15, 0.2) is 0 Å². The molecule has 0 atom stereocenters. The third-order valence-corrected chi connectivity index (χ3v) is 3.44. The fourth-order valence-corrected chi connectivity index (χ4v) is 2.28. The highest BCUT2D eigenvalue weighted by molar-refractivity contribution is 7.99. The number of thioether (sulfide) groups is 1. The van der Waals surface area contributed by atoms with Gasteiger partial charge in [-0.3, -0.25) is 0 Å². The Balaban J connectivity index is 2.25. The molecule has 0 aromatic heterocycles. The second kappa shape index (κ2) is 8.43. The van der Waals surface area contributed by atoms with Crippen LogP contribution in [0, 0.1) is 0 Å². The standard InChI is InChI=1S/C14H24N2S/c1-4-17-11-5-10-15-14-8-6-13(7-9-14)12-16(2)3/h6-9,15H,4-5,10-12H2,1-3H3. The molecule has 1 aromatic carbocycles. The van der Waals surface area contributed by atoms with Crippen molar-refractivity contribution in [3.63, 3.8) is 0 Å². The fourth-order valence-electron chi connectivity index (χ4n) is 1.64. The van der Waals surface area contributed by atoms with Gasteiger partial charge in [0, 0.05) is 18.8 Å². The molecule has 96 valence electrons. The van der Waals surface area contributed by atoms with Crippen LogP contribution in [0.25, 0.3) is 0 Å². The van der Waals surface area contributed by atoms with Crippen molar-refractivity contribution in [1.82, 2.24) is 4.90 Å². The summed E-state index contributed by atoms with van der Waals surface area (Å²) in [6.07, 6.45) is 1.23. The molecule has 0 amide bonds. The van der Waals surface area contributed by atoms with Crippen LogP contribution in [0.3, 0.4) is 0 Å². The van der Waals surface area contributed by atoms with Crippen molar-refractivity contribution in [1.29, 1.82) is 0 Å². The Kier molecular flexibility index (Phi) is 7.13. The monoisotopic (exact) mass is 252 g/mol. The quantitative estimate of drug-likeness (QED) is 0.715. The van der Waals surface area contributed by atoms with Gasteiger partial charge in [-0.25, -0.2) is 0 Å². The second-order valence-electron chi connectivity index (χ2n) is 4.41. The molecular formula is C14H24N2S. The maximum absolute atomic E-state index is 3.46. The molecule has 0 spiro atoms. The van der Waals surface area contributed by atoms with E-state index in [4.69, 9.17) is 0 Å². The lowest BCUT2D eigenvalue weighted by Crippen LogP contribution is -2.10. The van der Waals surface area contributed by atoms with Crippen LogP contribution in [0.4, 0.5) is 5.69 Å². The highest BCUT2D eigenvalue weighted by atomic mass is 32.2. The maximum atomic E-state index is 3.46. The van der Waals surface area contributed by atoms with Crippen LogP contribution in [-0.4, -0.2) is 37.0 Å². The lowest BCUT2D eigenvalue weighted by atomic mass is 10.2. The van der Waals surface area contributed by atoms with Crippen molar-refractivity contribution in [3.05, 3.63) is 29.8 Å². The van der Waals surface area contributed by atoms with E-state index in [-0.39, 0.29) is 0 Å². The minimum atomic E-state index is 1.01. The Bertz CT molecular complexity index is 296. The molecule has 0 aliphatic carbocycles. The molecule has 0 aliphatic heterocycles. The van der Waals surface area contributed by atoms with Gasteiger partial charge in [-0.2, -0.15) is 11.8 Å². The molecule has 1 rings (SSSR count). The average Bonchev–Trinajstić information content (AvgIpc) is 2.30. The van der Waals surface area contributed by atoms with Crippen molar-refractivity contribution >= 4 is 17.4 Å². The van der Waals surface area contributed by atoms with E-state index in [1.165, 1.54) is 29.2 Å². The molecule has 2 nitrogen and oxygen atoms in total. The van der Waals surface area contributed by atoms with Gasteiger partial charge in [-0.1, -0.05) is 19.1 Å². The number of anilines is 1. The smallest absolute Gasteiger partial charge is 0.0340 e. The van der Waals surface area contributed by atoms with Gasteiger partial charge in [-0.05, 0) is 49.7 Å². The van der Waals surface area contributed by atoms with Crippen LogP contribution in [0.15, 0.2) is 24.3 Å². The largest absolute Gasteiger partial charge is 0.385 e. The first-order valence-electron chi connectivity index (χ1n) is 6.27. The van der Waals surface area contributed by atoms with E-state index in [0.29, 0.717) is 0 Å². The number of benzene rings is 1. The van der Waals surface area contributed by atoms with Gasteiger partial charge >= 0.3 is 0 Å². The molecule has 3 heteroatoms. The van der Waals surface area contributed by atoms with Crippen LogP contribution in [0.2, 0.25) is 0 Å². The summed E-state index contributed by atoms with van der Waals surface area (Å²) in [7, 11) is 4.19. The van der Waals surface area contributed by atoms with Gasteiger partial charge in [0.05, 0.1) is 0 Å². The summed E-state index contributed by atoms with van der Waals surface area (Å²) in [5, 5.41) is 3.46. The molecule has 1 aromatic rings. The van der Waals surface area contributed by atoms with Crippen molar-refractivity contribution in [2.24, 2.45) is 0 Å². The van der Waals surface area contributed by atoms with Gasteiger partial charge in [0.2, 0.25) is 0 Å². The summed E-state index contributed by atoms with van der Waals surface area (Å²) in [4.78, 5) is 2.18. The second-order valence-corrected chi connectivity index (χ2v) is 5.81.